The van der Waals surface area contributed by atoms with Crippen LogP contribution in [0.3, 0.4) is 0 Å². The van der Waals surface area contributed by atoms with Gasteiger partial charge in [-0.1, -0.05) is 12.1 Å². The molecule has 0 aliphatic carbocycles. The number of aromatic nitrogens is 12. The SMILES string of the molecule is Cc1cccn2c(=O)c(-c3nnn[nH]3)cnc12.Cc1cccn2c(=O)c(-c3nnn[nH]3)cnc12.[KH].[KH]. The van der Waals surface area contributed by atoms with Crippen molar-refractivity contribution < 1.29 is 0 Å². The third-order valence-corrected chi connectivity index (χ3v) is 5.06. The molecule has 0 spiro atoms. The van der Waals surface area contributed by atoms with Gasteiger partial charge in [-0.15, -0.1) is 10.2 Å². The van der Waals surface area contributed by atoms with Crippen LogP contribution in [0.5, 0.6) is 0 Å². The molecule has 0 saturated heterocycles. The Morgan fingerprint density at radius 2 is 1.11 bits per heavy atom. The normalized spacial score (nSPS) is 10.3. The number of hydrogen-bond donors (Lipinski definition) is 2. The van der Waals surface area contributed by atoms with Crippen molar-refractivity contribution in [3.63, 3.8) is 0 Å². The molecule has 36 heavy (non-hydrogen) atoms. The molecule has 172 valence electrons. The van der Waals surface area contributed by atoms with Crippen molar-refractivity contribution in [1.82, 2.24) is 60.0 Å². The number of nitrogens with zero attached hydrogens (tertiary/aromatic N) is 10. The minimum absolute atomic E-state index is 0. The Hall–Kier alpha value is -1.87. The molecule has 0 radical (unpaired) electrons. The maximum absolute atomic E-state index is 12.2. The summed E-state index contributed by atoms with van der Waals surface area (Å²) >= 11 is 0. The number of tetrazole rings is 2. The van der Waals surface area contributed by atoms with Gasteiger partial charge in [-0.05, 0) is 58.0 Å². The summed E-state index contributed by atoms with van der Waals surface area (Å²) < 4.78 is 2.96. The van der Waals surface area contributed by atoms with Gasteiger partial charge >= 0.3 is 103 Å². The van der Waals surface area contributed by atoms with Crippen molar-refractivity contribution in [2.45, 2.75) is 13.8 Å². The Balaban J connectivity index is 0.000000190. The van der Waals surface area contributed by atoms with Gasteiger partial charge in [-0.2, -0.15) is 0 Å². The third kappa shape index (κ3) is 5.67. The van der Waals surface area contributed by atoms with E-state index in [9.17, 15) is 9.59 Å². The molecule has 6 rings (SSSR count). The second-order valence-electron chi connectivity index (χ2n) is 7.22. The van der Waals surface area contributed by atoms with E-state index in [-0.39, 0.29) is 114 Å². The minimum atomic E-state index is -0.197. The Bertz CT molecular complexity index is 1600. The molecule has 14 nitrogen and oxygen atoms in total. The van der Waals surface area contributed by atoms with E-state index in [2.05, 4.69) is 51.2 Å². The molecule has 0 bridgehead atoms. The fourth-order valence-corrected chi connectivity index (χ4v) is 3.37. The summed E-state index contributed by atoms with van der Waals surface area (Å²) in [5, 5.41) is 26.3. The fourth-order valence-electron chi connectivity index (χ4n) is 3.37. The number of pyridine rings is 2. The van der Waals surface area contributed by atoms with Crippen molar-refractivity contribution >= 4 is 114 Å². The number of fused-ring (bicyclic) bond motifs is 2. The molecule has 0 saturated carbocycles. The summed E-state index contributed by atoms with van der Waals surface area (Å²) in [7, 11) is 0. The number of aryl methyl sites for hydroxylation is 2. The summed E-state index contributed by atoms with van der Waals surface area (Å²) in [6.45, 7) is 3.80. The summed E-state index contributed by atoms with van der Waals surface area (Å²) in [4.78, 5) is 32.9. The fraction of sp³-hybridized carbons (Fsp3) is 0.100. The van der Waals surface area contributed by atoms with Crippen LogP contribution in [0, 0.1) is 13.8 Å². The van der Waals surface area contributed by atoms with Crippen LogP contribution in [0.2, 0.25) is 0 Å². The van der Waals surface area contributed by atoms with Crippen LogP contribution < -0.4 is 11.1 Å². The first kappa shape index (κ1) is 28.7. The topological polar surface area (TPSA) is 178 Å². The number of hydrogen-bond acceptors (Lipinski definition) is 10. The molecule has 0 aliphatic rings. The van der Waals surface area contributed by atoms with Gasteiger partial charge in [0.25, 0.3) is 11.1 Å². The van der Waals surface area contributed by atoms with E-state index in [0.717, 1.165) is 11.1 Å². The predicted molar refractivity (Wildman–Crippen MR) is 133 cm³/mol. The molecule has 6 aromatic heterocycles. The van der Waals surface area contributed by atoms with Crippen molar-refractivity contribution in [3.8, 4) is 22.8 Å². The molecule has 0 unspecified atom stereocenters. The van der Waals surface area contributed by atoms with E-state index in [1.807, 2.05) is 26.0 Å². The average molecular weight is 537 g/mol. The molecule has 0 aliphatic heterocycles. The first-order valence-corrected chi connectivity index (χ1v) is 9.97. The van der Waals surface area contributed by atoms with E-state index < -0.39 is 0 Å². The van der Waals surface area contributed by atoms with E-state index in [4.69, 9.17) is 0 Å². The Labute approximate surface area is 287 Å². The number of H-pyrrole nitrogens is 2. The maximum atomic E-state index is 12.2. The van der Waals surface area contributed by atoms with Crippen LogP contribution >= 0.6 is 0 Å². The van der Waals surface area contributed by atoms with Crippen LogP contribution in [0.15, 0.2) is 58.6 Å². The van der Waals surface area contributed by atoms with Gasteiger partial charge in [0, 0.05) is 24.8 Å². The predicted octanol–water partition coefficient (Wildman–Crippen LogP) is -0.931. The monoisotopic (exact) mass is 536 g/mol. The van der Waals surface area contributed by atoms with Crippen LogP contribution in [-0.4, -0.2) is 163 Å². The van der Waals surface area contributed by atoms with E-state index in [1.54, 1.807) is 24.5 Å². The Kier molecular flexibility index (Phi) is 10.0. The van der Waals surface area contributed by atoms with E-state index >= 15 is 0 Å². The first-order chi connectivity index (χ1) is 16.5. The molecular weight excluding hydrogens is 518 g/mol. The zero-order valence-electron chi connectivity index (χ0n) is 17.9. The standard InChI is InChI=1S/2C10H8N6O.2K.2H/c2*1-6-3-2-4-16-9(6)11-5-7(10(16)17)8-12-14-15-13-8;;;;/h2*2-5H,1H3,(H,12,13,14,15);;;;. The zero-order valence-corrected chi connectivity index (χ0v) is 17.9. The van der Waals surface area contributed by atoms with Crippen LogP contribution in [0.4, 0.5) is 0 Å². The molecule has 16 heteroatoms. The van der Waals surface area contributed by atoms with Crippen LogP contribution in [0.1, 0.15) is 11.1 Å². The van der Waals surface area contributed by atoms with Gasteiger partial charge in [0.1, 0.15) is 22.4 Å². The summed E-state index contributed by atoms with van der Waals surface area (Å²) in [6, 6.07) is 7.40. The Morgan fingerprint density at radius 3 is 1.47 bits per heavy atom. The summed E-state index contributed by atoms with van der Waals surface area (Å²) in [5.74, 6) is 0.636. The van der Waals surface area contributed by atoms with Crippen molar-refractivity contribution in [3.05, 3.63) is 80.9 Å². The average Bonchev–Trinajstić information content (AvgIpc) is 3.56. The number of rotatable bonds is 2. The summed E-state index contributed by atoms with van der Waals surface area (Å²) in [6.07, 6.45) is 6.30. The quantitative estimate of drug-likeness (QED) is 0.263. The first-order valence-electron chi connectivity index (χ1n) is 9.97. The molecule has 2 N–H and O–H groups in total. The van der Waals surface area contributed by atoms with Crippen molar-refractivity contribution in [2.75, 3.05) is 0 Å². The van der Waals surface area contributed by atoms with E-state index in [1.165, 1.54) is 21.2 Å². The van der Waals surface area contributed by atoms with Gasteiger partial charge in [0.2, 0.25) is 0 Å². The number of nitrogens with one attached hydrogen (secondary N) is 2. The zero-order chi connectivity index (χ0) is 23.7. The van der Waals surface area contributed by atoms with Gasteiger partial charge in [-0.3, -0.25) is 18.4 Å². The number of aromatic amines is 2. The molecule has 0 atom stereocenters. The van der Waals surface area contributed by atoms with Crippen LogP contribution in [-0.2, 0) is 0 Å². The molecule has 0 aromatic carbocycles. The molecule has 0 amide bonds. The molecule has 6 aromatic rings. The molecule has 0 fully saturated rings. The third-order valence-electron chi connectivity index (χ3n) is 5.06. The van der Waals surface area contributed by atoms with Gasteiger partial charge in [0.15, 0.2) is 11.6 Å². The van der Waals surface area contributed by atoms with Gasteiger partial charge < -0.3 is 0 Å². The van der Waals surface area contributed by atoms with E-state index in [0.29, 0.717) is 34.1 Å². The van der Waals surface area contributed by atoms with Crippen LogP contribution in [0.25, 0.3) is 34.1 Å². The second kappa shape index (κ2) is 12.6. The van der Waals surface area contributed by atoms with Crippen molar-refractivity contribution in [2.24, 2.45) is 0 Å². The van der Waals surface area contributed by atoms with Gasteiger partial charge in [-0.25, -0.2) is 20.2 Å². The van der Waals surface area contributed by atoms with Gasteiger partial charge in [0.05, 0.1) is 0 Å². The van der Waals surface area contributed by atoms with Crippen molar-refractivity contribution in [1.29, 1.82) is 0 Å². The molecule has 6 heterocycles. The second-order valence-corrected chi connectivity index (χ2v) is 7.22. The molecular formula is C20H18K2N12O2. The Morgan fingerprint density at radius 1 is 0.694 bits per heavy atom. The summed E-state index contributed by atoms with van der Waals surface area (Å²) in [5.41, 5.74) is 3.44.